The van der Waals surface area contributed by atoms with Crippen molar-refractivity contribution in [3.63, 3.8) is 0 Å². The van der Waals surface area contributed by atoms with Gasteiger partial charge in [-0.3, -0.25) is 9.18 Å². The quantitative estimate of drug-likeness (QED) is 0.474. The normalized spacial score (nSPS) is 39.7. The van der Waals surface area contributed by atoms with Crippen LogP contribution in [-0.4, -0.2) is 60.1 Å². The Morgan fingerprint density at radius 1 is 0.731 bits per heavy atom. The molecule has 0 aromatic rings. The molecule has 26 heavy (non-hydrogen) atoms. The van der Waals surface area contributed by atoms with E-state index in [0.717, 1.165) is 0 Å². The van der Waals surface area contributed by atoms with Crippen LogP contribution in [-0.2, 0) is 4.79 Å². The van der Waals surface area contributed by atoms with Crippen molar-refractivity contribution < 1.29 is 66.3 Å². The molecule has 1 fully saturated rings. The Labute approximate surface area is 134 Å². The summed E-state index contributed by atoms with van der Waals surface area (Å²) in [6, 6.07) is -4.72. The van der Waals surface area contributed by atoms with Crippen LogP contribution in [0.25, 0.3) is 0 Å². The van der Waals surface area contributed by atoms with Gasteiger partial charge in [0, 0.05) is 6.42 Å². The number of alkyl halides is 13. The lowest BCUT2D eigenvalue weighted by molar-refractivity contribution is -0.447. The summed E-state index contributed by atoms with van der Waals surface area (Å²) in [5.41, 5.74) is -21.6. The Balaban J connectivity index is 4.09. The van der Waals surface area contributed by atoms with Crippen molar-refractivity contribution in [1.29, 1.82) is 0 Å². The first-order chi connectivity index (χ1) is 11.4. The fraction of sp³-hybridized carbons (Fsp3) is 0.909. The highest BCUT2D eigenvalue weighted by atomic mass is 19.3. The smallest absolute Gasteiger partial charge is 0.257 e. The number of hydrogen-bond donors (Lipinski definition) is 0. The van der Waals surface area contributed by atoms with Gasteiger partial charge in [0.05, 0.1) is 6.67 Å². The molecule has 0 aliphatic heterocycles. The zero-order valence-electron chi connectivity index (χ0n) is 11.8. The van der Waals surface area contributed by atoms with Crippen molar-refractivity contribution in [2.45, 2.75) is 53.8 Å². The van der Waals surface area contributed by atoms with Crippen molar-refractivity contribution in [3.05, 3.63) is 0 Å². The fourth-order valence-electron chi connectivity index (χ4n) is 2.57. The summed E-state index contributed by atoms with van der Waals surface area (Å²) in [6.45, 7) is -2.30. The summed E-state index contributed by atoms with van der Waals surface area (Å²) in [5.74, 6) is -22.4. The molecule has 1 nitrogen and oxygen atoms in total. The van der Waals surface area contributed by atoms with Gasteiger partial charge in [0.25, 0.3) is 12.1 Å². The first kappa shape index (κ1) is 22.7. The number of rotatable bonds is 5. The Bertz CT molecular complexity index is 577. The van der Waals surface area contributed by atoms with E-state index in [-0.39, 0.29) is 0 Å². The predicted octanol–water partition coefficient (Wildman–Crippen LogP) is 4.49. The van der Waals surface area contributed by atoms with Crippen molar-refractivity contribution in [2.75, 3.05) is 6.67 Å². The molecular formula is C11H6F14O. The van der Waals surface area contributed by atoms with Gasteiger partial charge in [-0.15, -0.1) is 0 Å². The molecule has 0 aromatic heterocycles. The molecule has 15 heteroatoms. The predicted molar refractivity (Wildman–Crippen MR) is 54.0 cm³/mol. The lowest BCUT2D eigenvalue weighted by Crippen LogP contribution is -2.90. The molecule has 4 atom stereocenters. The summed E-state index contributed by atoms with van der Waals surface area (Å²) in [4.78, 5) is 10.3. The minimum Gasteiger partial charge on any atom is -0.257 e. The Morgan fingerprint density at radius 2 is 1.12 bits per heavy atom. The summed E-state index contributed by atoms with van der Waals surface area (Å²) in [7, 11) is 0. The van der Waals surface area contributed by atoms with Gasteiger partial charge in [0.2, 0.25) is 0 Å². The zero-order chi connectivity index (χ0) is 21.1. The zero-order valence-corrected chi connectivity index (χ0v) is 11.8. The van der Waals surface area contributed by atoms with Gasteiger partial charge < -0.3 is 0 Å². The highest BCUT2D eigenvalue weighted by Crippen LogP contribution is 2.71. The van der Waals surface area contributed by atoms with Crippen molar-refractivity contribution in [2.24, 2.45) is 0 Å². The Hall–Kier alpha value is -1.31. The van der Waals surface area contributed by atoms with Gasteiger partial charge in [-0.05, 0) is 0 Å². The van der Waals surface area contributed by atoms with Crippen LogP contribution in [0.1, 0.15) is 6.42 Å². The van der Waals surface area contributed by atoms with Crippen LogP contribution in [0.15, 0.2) is 0 Å². The molecule has 1 rings (SSSR count). The van der Waals surface area contributed by atoms with E-state index in [0.29, 0.717) is 0 Å². The molecule has 0 saturated heterocycles. The molecule has 154 valence electrons. The van der Waals surface area contributed by atoms with Gasteiger partial charge in [-0.2, -0.15) is 30.7 Å². The molecule has 0 bridgehead atoms. The standard InChI is InChI=1S/C11H6F14O/c12-2-1-3(13)6(17)9(20,21)7(18,4(14)15)11(24,25)8(19,5(16)26)10(6,22)23/h3-4H,1-2H2. The summed E-state index contributed by atoms with van der Waals surface area (Å²) >= 11 is 0. The van der Waals surface area contributed by atoms with E-state index in [1.807, 2.05) is 0 Å². The molecule has 0 amide bonds. The van der Waals surface area contributed by atoms with Crippen LogP contribution in [0.4, 0.5) is 61.5 Å². The van der Waals surface area contributed by atoms with Crippen LogP contribution < -0.4 is 0 Å². The maximum absolute atomic E-state index is 14.3. The molecule has 0 spiro atoms. The molecule has 4 unspecified atom stereocenters. The van der Waals surface area contributed by atoms with E-state index in [4.69, 9.17) is 0 Å². The SMILES string of the molecule is O=C(F)C1(F)C(F)(F)C(F)(C(F)F)C(F)(F)C(F)(C(F)CCF)C1(F)F. The van der Waals surface area contributed by atoms with Crippen LogP contribution in [0.2, 0.25) is 0 Å². The fourth-order valence-corrected chi connectivity index (χ4v) is 2.57. The van der Waals surface area contributed by atoms with Crippen molar-refractivity contribution in [3.8, 4) is 0 Å². The van der Waals surface area contributed by atoms with Gasteiger partial charge in [-0.1, -0.05) is 0 Å². The van der Waals surface area contributed by atoms with E-state index < -0.39 is 66.5 Å². The lowest BCUT2D eigenvalue weighted by Gasteiger charge is -2.56. The molecule has 1 aliphatic carbocycles. The summed E-state index contributed by atoms with van der Waals surface area (Å²) in [5, 5.41) is 0. The van der Waals surface area contributed by atoms with Crippen LogP contribution in [0, 0.1) is 0 Å². The van der Waals surface area contributed by atoms with Crippen LogP contribution in [0.3, 0.4) is 0 Å². The third-order valence-electron chi connectivity index (χ3n) is 4.06. The minimum atomic E-state index is -7.57. The van der Waals surface area contributed by atoms with Gasteiger partial charge in [-0.25, -0.2) is 26.3 Å². The molecule has 0 aromatic carbocycles. The van der Waals surface area contributed by atoms with Crippen LogP contribution in [0.5, 0.6) is 0 Å². The average Bonchev–Trinajstić information content (AvgIpc) is 2.49. The van der Waals surface area contributed by atoms with E-state index >= 15 is 0 Å². The van der Waals surface area contributed by atoms with Gasteiger partial charge >= 0.3 is 35.1 Å². The second-order valence-corrected chi connectivity index (χ2v) is 5.32. The maximum Gasteiger partial charge on any atom is 0.351 e. The Morgan fingerprint density at radius 3 is 1.42 bits per heavy atom. The number of hydrogen-bond acceptors (Lipinski definition) is 1. The topological polar surface area (TPSA) is 17.1 Å². The maximum atomic E-state index is 14.3. The monoisotopic (exact) mass is 420 g/mol. The first-order valence-electron chi connectivity index (χ1n) is 6.25. The molecular weight excluding hydrogens is 414 g/mol. The van der Waals surface area contributed by atoms with Crippen LogP contribution >= 0.6 is 0 Å². The van der Waals surface area contributed by atoms with Crippen molar-refractivity contribution >= 4 is 6.04 Å². The van der Waals surface area contributed by atoms with Gasteiger partial charge in [0.15, 0.2) is 0 Å². The third kappa shape index (κ3) is 1.97. The summed E-state index contributed by atoms with van der Waals surface area (Å²) < 4.78 is 188. The third-order valence-corrected chi connectivity index (χ3v) is 4.06. The number of carbonyl (C=O) groups excluding carboxylic acids is 1. The average molecular weight is 420 g/mol. The molecule has 0 N–H and O–H groups in total. The number of carbonyl (C=O) groups is 1. The molecule has 0 heterocycles. The van der Waals surface area contributed by atoms with E-state index in [9.17, 15) is 66.3 Å². The molecule has 0 radical (unpaired) electrons. The first-order valence-corrected chi connectivity index (χ1v) is 6.25. The second kappa shape index (κ2) is 5.84. The second-order valence-electron chi connectivity index (χ2n) is 5.32. The molecule has 1 aliphatic rings. The molecule has 1 saturated carbocycles. The highest BCUT2D eigenvalue weighted by Gasteiger charge is 3.03. The highest BCUT2D eigenvalue weighted by molar-refractivity contribution is 5.83. The largest absolute Gasteiger partial charge is 0.351 e. The Kier molecular flexibility index (Phi) is 5.11. The summed E-state index contributed by atoms with van der Waals surface area (Å²) in [6.07, 6.45) is -13.1. The minimum absolute atomic E-state index is 2.30. The van der Waals surface area contributed by atoms with E-state index in [1.54, 1.807) is 0 Å². The lowest BCUT2D eigenvalue weighted by atomic mass is 9.60. The van der Waals surface area contributed by atoms with Crippen molar-refractivity contribution in [1.82, 2.24) is 0 Å². The van der Waals surface area contributed by atoms with E-state index in [2.05, 4.69) is 0 Å². The number of halogens is 14. The van der Waals surface area contributed by atoms with Gasteiger partial charge in [0.1, 0.15) is 6.17 Å². The van der Waals surface area contributed by atoms with E-state index in [1.165, 1.54) is 0 Å².